The third-order valence-electron chi connectivity index (χ3n) is 2.56. The molecule has 0 aliphatic rings. The minimum absolute atomic E-state index is 0.0329. The van der Waals surface area contributed by atoms with E-state index in [4.69, 9.17) is 9.47 Å². The van der Waals surface area contributed by atoms with Crippen LogP contribution in [0, 0.1) is 0 Å². The van der Waals surface area contributed by atoms with Crippen molar-refractivity contribution in [2.75, 3.05) is 33.0 Å². The molecule has 3 N–H and O–H groups in total. The minimum Gasteiger partial charge on any atom is -0.494 e. The zero-order valence-electron chi connectivity index (χ0n) is 13.4. The number of nitrogens with one attached hydrogen (secondary N) is 3. The lowest BCUT2D eigenvalue weighted by Crippen LogP contribution is -2.41. The molecule has 8 heteroatoms. The van der Waals surface area contributed by atoms with Gasteiger partial charge in [-0.1, -0.05) is 0 Å². The smallest absolute Gasteiger partial charge is 0.407 e. The molecule has 0 saturated carbocycles. The normalized spacial score (nSPS) is 9.65. The summed E-state index contributed by atoms with van der Waals surface area (Å²) in [4.78, 5) is 22.5. The molecule has 0 aliphatic carbocycles. The zero-order valence-corrected chi connectivity index (χ0v) is 13.4. The second kappa shape index (κ2) is 11.0. The van der Waals surface area contributed by atoms with Crippen molar-refractivity contribution in [3.05, 3.63) is 24.3 Å². The molecule has 1 aromatic carbocycles. The summed E-state index contributed by atoms with van der Waals surface area (Å²) in [6, 6.07) is 6.71. The Labute approximate surface area is 135 Å². The number of carbonyl (C=O) groups is 2. The van der Waals surface area contributed by atoms with Gasteiger partial charge in [-0.25, -0.2) is 9.59 Å². The quantitative estimate of drug-likeness (QED) is 0.472. The number of rotatable bonds is 9. The second-order valence-corrected chi connectivity index (χ2v) is 4.27. The average Bonchev–Trinajstić information content (AvgIpc) is 2.54. The lowest BCUT2D eigenvalue weighted by atomic mass is 10.3. The van der Waals surface area contributed by atoms with Crippen LogP contribution in [0.4, 0.5) is 9.59 Å². The molecular formula is C15H23N3O5. The van der Waals surface area contributed by atoms with Gasteiger partial charge in [-0.05, 0) is 38.1 Å². The van der Waals surface area contributed by atoms with E-state index in [1.807, 2.05) is 6.92 Å². The molecule has 0 saturated heterocycles. The fourth-order valence-corrected chi connectivity index (χ4v) is 1.57. The number of amides is 3. The molecule has 3 amide bonds. The van der Waals surface area contributed by atoms with E-state index in [1.54, 1.807) is 31.2 Å². The Bertz CT molecular complexity index is 479. The summed E-state index contributed by atoms with van der Waals surface area (Å²) in [5, 5.41) is 7.60. The van der Waals surface area contributed by atoms with E-state index in [0.29, 0.717) is 19.0 Å². The first-order valence-corrected chi connectivity index (χ1v) is 7.43. The number of ether oxygens (including phenoxy) is 3. The monoisotopic (exact) mass is 325 g/mol. The van der Waals surface area contributed by atoms with Crippen molar-refractivity contribution in [3.63, 3.8) is 0 Å². The van der Waals surface area contributed by atoms with Crippen LogP contribution in [0.15, 0.2) is 24.3 Å². The van der Waals surface area contributed by atoms with E-state index in [1.165, 1.54) is 0 Å². The molecule has 0 spiro atoms. The highest BCUT2D eigenvalue weighted by Crippen LogP contribution is 2.16. The molecule has 0 fully saturated rings. The molecule has 1 aromatic rings. The van der Waals surface area contributed by atoms with Gasteiger partial charge >= 0.3 is 12.1 Å². The van der Waals surface area contributed by atoms with Crippen molar-refractivity contribution in [3.8, 4) is 11.5 Å². The Kier molecular flexibility index (Phi) is 8.80. The number of alkyl carbamates (subject to hydrolysis) is 1. The summed E-state index contributed by atoms with van der Waals surface area (Å²) in [5.74, 6) is 1.39. The number of urea groups is 1. The molecule has 0 aliphatic heterocycles. The van der Waals surface area contributed by atoms with Gasteiger partial charge in [-0.3, -0.25) is 0 Å². The van der Waals surface area contributed by atoms with E-state index in [2.05, 4.69) is 20.7 Å². The van der Waals surface area contributed by atoms with Crippen molar-refractivity contribution in [2.24, 2.45) is 0 Å². The summed E-state index contributed by atoms with van der Waals surface area (Å²) in [6.45, 7) is 5.14. The van der Waals surface area contributed by atoms with Gasteiger partial charge < -0.3 is 30.2 Å². The van der Waals surface area contributed by atoms with Crippen molar-refractivity contribution in [2.45, 2.75) is 13.8 Å². The van der Waals surface area contributed by atoms with Gasteiger partial charge in [0.25, 0.3) is 0 Å². The largest absolute Gasteiger partial charge is 0.494 e. The number of hydrogen-bond donors (Lipinski definition) is 3. The van der Waals surface area contributed by atoms with Crippen molar-refractivity contribution in [1.82, 2.24) is 16.0 Å². The Morgan fingerprint density at radius 2 is 1.48 bits per heavy atom. The van der Waals surface area contributed by atoms with Crippen molar-refractivity contribution < 1.29 is 23.8 Å². The highest BCUT2D eigenvalue weighted by molar-refractivity contribution is 5.73. The van der Waals surface area contributed by atoms with Gasteiger partial charge in [-0.2, -0.15) is 0 Å². The van der Waals surface area contributed by atoms with Crippen LogP contribution in [0.2, 0.25) is 0 Å². The summed E-state index contributed by atoms with van der Waals surface area (Å²) >= 11 is 0. The highest BCUT2D eigenvalue weighted by Gasteiger charge is 2.02. The molecule has 0 heterocycles. The zero-order chi connectivity index (χ0) is 16.9. The summed E-state index contributed by atoms with van der Waals surface area (Å²) in [5.41, 5.74) is 0. The molecule has 23 heavy (non-hydrogen) atoms. The molecule has 0 radical (unpaired) electrons. The van der Waals surface area contributed by atoms with E-state index >= 15 is 0 Å². The molecule has 0 unspecified atom stereocenters. The van der Waals surface area contributed by atoms with Crippen LogP contribution in [-0.4, -0.2) is 45.2 Å². The van der Waals surface area contributed by atoms with Gasteiger partial charge in [-0.15, -0.1) is 0 Å². The topological polar surface area (TPSA) is 97.9 Å². The van der Waals surface area contributed by atoms with E-state index in [-0.39, 0.29) is 25.9 Å². The Hall–Kier alpha value is -2.64. The van der Waals surface area contributed by atoms with Crippen molar-refractivity contribution >= 4 is 12.1 Å². The van der Waals surface area contributed by atoms with Gasteiger partial charge in [0.15, 0.2) is 6.73 Å². The van der Waals surface area contributed by atoms with Gasteiger partial charge in [0.1, 0.15) is 11.5 Å². The lowest BCUT2D eigenvalue weighted by molar-refractivity contribution is 0.152. The molecular weight excluding hydrogens is 302 g/mol. The predicted octanol–water partition coefficient (Wildman–Crippen LogP) is 1.47. The highest BCUT2D eigenvalue weighted by atomic mass is 16.5. The van der Waals surface area contributed by atoms with Crippen LogP contribution in [0.3, 0.4) is 0 Å². The third-order valence-corrected chi connectivity index (χ3v) is 2.56. The SMILES string of the molecule is CCOC(=O)NCCNC(=O)NCOc1ccc(OCC)cc1. The van der Waals surface area contributed by atoms with Crippen LogP contribution in [0.5, 0.6) is 11.5 Å². The summed E-state index contributed by atoms with van der Waals surface area (Å²) < 4.78 is 15.4. The number of carbonyl (C=O) groups excluding carboxylic acids is 2. The standard InChI is InChI=1S/C15H23N3O5/c1-3-21-12-5-7-13(8-6-12)23-11-18-14(19)16-9-10-17-15(20)22-4-2/h5-8H,3-4,9-11H2,1-2H3,(H,17,20)(H2,16,18,19). The maximum Gasteiger partial charge on any atom is 0.407 e. The Morgan fingerprint density at radius 3 is 2.09 bits per heavy atom. The number of hydrogen-bond acceptors (Lipinski definition) is 5. The maximum absolute atomic E-state index is 11.5. The van der Waals surface area contributed by atoms with Gasteiger partial charge in [0.05, 0.1) is 13.2 Å². The number of benzene rings is 1. The van der Waals surface area contributed by atoms with Crippen LogP contribution in [0.25, 0.3) is 0 Å². The second-order valence-electron chi connectivity index (χ2n) is 4.27. The predicted molar refractivity (Wildman–Crippen MR) is 84.7 cm³/mol. The summed E-state index contributed by atoms with van der Waals surface area (Å²) in [6.07, 6.45) is -0.506. The Balaban J connectivity index is 2.10. The fourth-order valence-electron chi connectivity index (χ4n) is 1.57. The first kappa shape index (κ1) is 18.4. The van der Waals surface area contributed by atoms with Crippen molar-refractivity contribution in [1.29, 1.82) is 0 Å². The lowest BCUT2D eigenvalue weighted by Gasteiger charge is -2.10. The maximum atomic E-state index is 11.5. The van der Waals surface area contributed by atoms with E-state index in [0.717, 1.165) is 5.75 Å². The fraction of sp³-hybridized carbons (Fsp3) is 0.467. The van der Waals surface area contributed by atoms with Crippen LogP contribution in [-0.2, 0) is 4.74 Å². The van der Waals surface area contributed by atoms with Gasteiger partial charge in [0.2, 0.25) is 0 Å². The molecule has 0 atom stereocenters. The van der Waals surface area contributed by atoms with Crippen LogP contribution >= 0.6 is 0 Å². The molecule has 8 nitrogen and oxygen atoms in total. The first-order chi connectivity index (χ1) is 11.2. The molecule has 0 bridgehead atoms. The summed E-state index contributed by atoms with van der Waals surface area (Å²) in [7, 11) is 0. The van der Waals surface area contributed by atoms with E-state index < -0.39 is 6.09 Å². The molecule has 1 rings (SSSR count). The van der Waals surface area contributed by atoms with E-state index in [9.17, 15) is 9.59 Å². The van der Waals surface area contributed by atoms with Crippen LogP contribution < -0.4 is 25.4 Å². The average molecular weight is 325 g/mol. The Morgan fingerprint density at radius 1 is 0.870 bits per heavy atom. The third kappa shape index (κ3) is 8.40. The molecule has 0 aromatic heterocycles. The minimum atomic E-state index is -0.506. The first-order valence-electron chi connectivity index (χ1n) is 7.43. The van der Waals surface area contributed by atoms with Gasteiger partial charge in [0, 0.05) is 13.1 Å². The molecule has 128 valence electrons. The van der Waals surface area contributed by atoms with Crippen LogP contribution in [0.1, 0.15) is 13.8 Å².